The molecule has 3 nitrogen and oxygen atoms in total. The summed E-state index contributed by atoms with van der Waals surface area (Å²) in [6.45, 7) is 1.08. The Morgan fingerprint density at radius 3 is 2.67 bits per heavy atom. The van der Waals surface area contributed by atoms with Crippen LogP contribution >= 0.6 is 23.4 Å². The van der Waals surface area contributed by atoms with Crippen LogP contribution in [0.3, 0.4) is 0 Å². The first-order valence-electron chi connectivity index (χ1n) is 5.74. The molecule has 0 spiro atoms. The molecule has 5 heteroatoms. The molecule has 0 bridgehead atoms. The zero-order chi connectivity index (χ0) is 13.4. The van der Waals surface area contributed by atoms with Crippen LogP contribution in [-0.4, -0.2) is 43.0 Å². The minimum Gasteiger partial charge on any atom is -0.492 e. The smallest absolute Gasteiger partial charge is 0.223 e. The molecule has 0 saturated carbocycles. The number of nitrogens with zero attached hydrogens (tertiary/aromatic N) is 1. The molecule has 1 aromatic carbocycles. The number of thioether (sulfide) groups is 1. The third kappa shape index (κ3) is 5.65. The number of benzene rings is 1. The van der Waals surface area contributed by atoms with Crippen LogP contribution < -0.4 is 4.74 Å². The number of carbonyl (C=O) groups is 1. The highest BCUT2D eigenvalue weighted by atomic mass is 35.5. The summed E-state index contributed by atoms with van der Waals surface area (Å²) in [7, 11) is 1.80. The summed E-state index contributed by atoms with van der Waals surface area (Å²) in [6.07, 6.45) is 2.58. The van der Waals surface area contributed by atoms with E-state index in [4.69, 9.17) is 16.3 Å². The fourth-order valence-corrected chi connectivity index (χ4v) is 1.84. The molecule has 0 aromatic heterocycles. The predicted octanol–water partition coefficient (Wildman–Crippen LogP) is 2.93. The number of ether oxygens (including phenoxy) is 1. The van der Waals surface area contributed by atoms with Crippen LogP contribution in [0.25, 0.3) is 0 Å². The second-order valence-electron chi connectivity index (χ2n) is 3.86. The minimum absolute atomic E-state index is 0.157. The van der Waals surface area contributed by atoms with Crippen LogP contribution in [0.15, 0.2) is 24.3 Å². The topological polar surface area (TPSA) is 29.5 Å². The maximum atomic E-state index is 11.6. The molecule has 0 aliphatic carbocycles. The Kier molecular flexibility index (Phi) is 6.98. The summed E-state index contributed by atoms with van der Waals surface area (Å²) in [5.41, 5.74) is 0. The predicted molar refractivity (Wildman–Crippen MR) is 77.6 cm³/mol. The van der Waals surface area contributed by atoms with E-state index in [2.05, 4.69) is 0 Å². The number of hydrogen-bond donors (Lipinski definition) is 0. The Morgan fingerprint density at radius 2 is 2.06 bits per heavy atom. The molecular weight excluding hydrogens is 270 g/mol. The zero-order valence-corrected chi connectivity index (χ0v) is 12.3. The molecule has 18 heavy (non-hydrogen) atoms. The molecule has 0 atom stereocenters. The Labute approximate surface area is 117 Å². The van der Waals surface area contributed by atoms with Gasteiger partial charge in [0.05, 0.1) is 6.54 Å². The maximum absolute atomic E-state index is 11.6. The van der Waals surface area contributed by atoms with Crippen LogP contribution in [0.5, 0.6) is 5.75 Å². The lowest BCUT2D eigenvalue weighted by Crippen LogP contribution is -2.31. The fourth-order valence-electron chi connectivity index (χ4n) is 1.34. The first kappa shape index (κ1) is 15.2. The van der Waals surface area contributed by atoms with E-state index in [1.165, 1.54) is 0 Å². The highest BCUT2D eigenvalue weighted by Crippen LogP contribution is 2.15. The van der Waals surface area contributed by atoms with Crippen molar-refractivity contribution in [3.8, 4) is 5.75 Å². The third-order valence-electron chi connectivity index (χ3n) is 2.45. The highest BCUT2D eigenvalue weighted by molar-refractivity contribution is 7.98. The molecule has 0 heterocycles. The average Bonchev–Trinajstić information content (AvgIpc) is 2.38. The molecular formula is C13H18ClNO2S. The second kappa shape index (κ2) is 8.27. The summed E-state index contributed by atoms with van der Waals surface area (Å²) in [5, 5.41) is 0.687. The molecule has 1 aromatic rings. The van der Waals surface area contributed by atoms with Gasteiger partial charge in [0.25, 0.3) is 0 Å². The van der Waals surface area contributed by atoms with Gasteiger partial charge in [-0.1, -0.05) is 11.6 Å². The van der Waals surface area contributed by atoms with E-state index in [0.717, 1.165) is 11.5 Å². The van der Waals surface area contributed by atoms with Crippen molar-refractivity contribution in [1.82, 2.24) is 4.90 Å². The average molecular weight is 288 g/mol. The van der Waals surface area contributed by atoms with E-state index in [1.807, 2.05) is 18.4 Å². The molecule has 0 aliphatic rings. The largest absolute Gasteiger partial charge is 0.492 e. The molecule has 0 aliphatic heterocycles. The van der Waals surface area contributed by atoms with Crippen molar-refractivity contribution in [2.45, 2.75) is 6.42 Å². The Bertz CT molecular complexity index is 370. The van der Waals surface area contributed by atoms with Gasteiger partial charge in [0.2, 0.25) is 5.91 Å². The molecule has 0 fully saturated rings. The van der Waals surface area contributed by atoms with E-state index in [1.54, 1.807) is 35.8 Å². The molecule has 1 rings (SSSR count). The zero-order valence-electron chi connectivity index (χ0n) is 10.7. The van der Waals surface area contributed by atoms with Crippen molar-refractivity contribution in [2.75, 3.05) is 32.2 Å². The van der Waals surface area contributed by atoms with Gasteiger partial charge in [0, 0.05) is 24.2 Å². The van der Waals surface area contributed by atoms with Gasteiger partial charge in [-0.2, -0.15) is 11.8 Å². The van der Waals surface area contributed by atoms with Gasteiger partial charge in [-0.15, -0.1) is 0 Å². The van der Waals surface area contributed by atoms with E-state index in [0.29, 0.717) is 24.6 Å². The van der Waals surface area contributed by atoms with Crippen LogP contribution in [0, 0.1) is 0 Å². The summed E-state index contributed by atoms with van der Waals surface area (Å²) in [6, 6.07) is 7.20. The van der Waals surface area contributed by atoms with Crippen molar-refractivity contribution >= 4 is 29.3 Å². The Morgan fingerprint density at radius 1 is 1.39 bits per heavy atom. The van der Waals surface area contributed by atoms with Gasteiger partial charge in [0.1, 0.15) is 12.4 Å². The molecule has 0 saturated heterocycles. The maximum Gasteiger partial charge on any atom is 0.223 e. The molecule has 1 amide bonds. The fraction of sp³-hybridized carbons (Fsp3) is 0.462. The van der Waals surface area contributed by atoms with Crippen molar-refractivity contribution in [2.24, 2.45) is 0 Å². The lowest BCUT2D eigenvalue weighted by atomic mass is 10.3. The summed E-state index contributed by atoms with van der Waals surface area (Å²) in [4.78, 5) is 13.3. The SMILES string of the molecule is CSCCC(=O)N(C)CCOc1ccc(Cl)cc1. The number of rotatable bonds is 7. The normalized spacial score (nSPS) is 10.2. The van der Waals surface area contributed by atoms with Gasteiger partial charge >= 0.3 is 0 Å². The lowest BCUT2D eigenvalue weighted by Gasteiger charge is -2.17. The van der Waals surface area contributed by atoms with Gasteiger partial charge < -0.3 is 9.64 Å². The van der Waals surface area contributed by atoms with Crippen molar-refractivity contribution in [3.05, 3.63) is 29.3 Å². The van der Waals surface area contributed by atoms with Crippen molar-refractivity contribution in [1.29, 1.82) is 0 Å². The van der Waals surface area contributed by atoms with E-state index in [-0.39, 0.29) is 5.91 Å². The monoisotopic (exact) mass is 287 g/mol. The van der Waals surface area contributed by atoms with Crippen molar-refractivity contribution < 1.29 is 9.53 Å². The van der Waals surface area contributed by atoms with Crippen LogP contribution in [0.1, 0.15) is 6.42 Å². The van der Waals surface area contributed by atoms with Gasteiger partial charge in [-0.05, 0) is 30.5 Å². The standard InChI is InChI=1S/C13H18ClNO2S/c1-15(13(16)7-10-18-2)8-9-17-12-5-3-11(14)4-6-12/h3-6H,7-10H2,1-2H3. The van der Waals surface area contributed by atoms with Crippen LogP contribution in [-0.2, 0) is 4.79 Å². The highest BCUT2D eigenvalue weighted by Gasteiger charge is 2.07. The number of likely N-dealkylation sites (N-methyl/N-ethyl adjacent to an activating group) is 1. The Balaban J connectivity index is 2.24. The van der Waals surface area contributed by atoms with Gasteiger partial charge in [-0.3, -0.25) is 4.79 Å². The molecule has 0 radical (unpaired) electrons. The summed E-state index contributed by atoms with van der Waals surface area (Å²) >= 11 is 7.45. The third-order valence-corrected chi connectivity index (χ3v) is 3.32. The summed E-state index contributed by atoms with van der Waals surface area (Å²) in [5.74, 6) is 1.79. The lowest BCUT2D eigenvalue weighted by molar-refractivity contribution is -0.129. The first-order valence-corrected chi connectivity index (χ1v) is 7.52. The quantitative estimate of drug-likeness (QED) is 0.772. The molecule has 100 valence electrons. The molecule has 0 N–H and O–H groups in total. The van der Waals surface area contributed by atoms with Crippen LogP contribution in [0.2, 0.25) is 5.02 Å². The van der Waals surface area contributed by atoms with Gasteiger partial charge in [0.15, 0.2) is 0 Å². The minimum atomic E-state index is 0.157. The number of carbonyl (C=O) groups excluding carboxylic acids is 1. The van der Waals surface area contributed by atoms with Gasteiger partial charge in [-0.25, -0.2) is 0 Å². The van der Waals surface area contributed by atoms with E-state index in [9.17, 15) is 4.79 Å². The van der Waals surface area contributed by atoms with Crippen molar-refractivity contribution in [3.63, 3.8) is 0 Å². The Hall–Kier alpha value is -0.870. The number of hydrogen-bond acceptors (Lipinski definition) is 3. The second-order valence-corrected chi connectivity index (χ2v) is 5.28. The number of amides is 1. The first-order chi connectivity index (χ1) is 8.63. The van der Waals surface area contributed by atoms with Crippen LogP contribution in [0.4, 0.5) is 0 Å². The summed E-state index contributed by atoms with van der Waals surface area (Å²) < 4.78 is 5.53. The van der Waals surface area contributed by atoms with E-state index >= 15 is 0 Å². The molecule has 0 unspecified atom stereocenters. The number of halogens is 1. The van der Waals surface area contributed by atoms with E-state index < -0.39 is 0 Å².